The van der Waals surface area contributed by atoms with E-state index in [-0.39, 0.29) is 5.91 Å². The Kier molecular flexibility index (Phi) is 5.65. The maximum absolute atomic E-state index is 13.3. The summed E-state index contributed by atoms with van der Waals surface area (Å²) in [5.41, 5.74) is 1.47. The van der Waals surface area contributed by atoms with Crippen molar-refractivity contribution < 1.29 is 9.53 Å². The molecule has 32 heavy (non-hydrogen) atoms. The van der Waals surface area contributed by atoms with Crippen molar-refractivity contribution in [1.82, 2.24) is 10.3 Å². The van der Waals surface area contributed by atoms with Crippen LogP contribution in [0.1, 0.15) is 25.1 Å². The lowest BCUT2D eigenvalue weighted by Crippen LogP contribution is -2.50. The van der Waals surface area contributed by atoms with Gasteiger partial charge in [-0.15, -0.1) is 5.10 Å². The molecule has 0 spiro atoms. The van der Waals surface area contributed by atoms with Crippen molar-refractivity contribution in [3.8, 4) is 5.75 Å². The van der Waals surface area contributed by atoms with Crippen LogP contribution in [-0.2, 0) is 4.79 Å². The van der Waals surface area contributed by atoms with E-state index in [4.69, 9.17) is 14.8 Å². The van der Waals surface area contributed by atoms with Gasteiger partial charge in [0.05, 0.1) is 12.5 Å². The monoisotopic (exact) mass is 508 g/mol. The van der Waals surface area contributed by atoms with Crippen molar-refractivity contribution in [2.75, 3.05) is 12.9 Å². The second-order valence-corrected chi connectivity index (χ2v) is 9.47. The summed E-state index contributed by atoms with van der Waals surface area (Å²) in [6.45, 7) is 2.10. The molecule has 8 heteroatoms. The number of amides is 1. The quantitative estimate of drug-likeness (QED) is 0.580. The summed E-state index contributed by atoms with van der Waals surface area (Å²) in [6, 6.07) is 17.8. The summed E-state index contributed by atoms with van der Waals surface area (Å²) in [4.78, 5) is 18.3. The van der Waals surface area contributed by atoms with Crippen LogP contribution in [0.4, 0.5) is 0 Å². The zero-order valence-electron chi connectivity index (χ0n) is 17.6. The molecular formula is C24H21BrN4O2S. The van der Waals surface area contributed by atoms with E-state index in [2.05, 4.69) is 34.2 Å². The van der Waals surface area contributed by atoms with E-state index >= 15 is 0 Å². The number of nitrogens with zero attached hydrogens (tertiary/aromatic N) is 3. The van der Waals surface area contributed by atoms with Crippen LogP contribution >= 0.6 is 27.7 Å². The number of fused-ring (bicyclic) bond motifs is 3. The number of hydrazone groups is 1. The molecule has 1 atom stereocenters. The third-order valence-corrected chi connectivity index (χ3v) is 6.99. The zero-order chi connectivity index (χ0) is 22.2. The molecule has 0 saturated carbocycles. The van der Waals surface area contributed by atoms with Gasteiger partial charge in [-0.05, 0) is 36.1 Å². The van der Waals surface area contributed by atoms with Crippen molar-refractivity contribution in [2.45, 2.75) is 19.5 Å². The average Bonchev–Trinajstić information content (AvgIpc) is 2.81. The smallest absolute Gasteiger partial charge is 0.276 e. The molecule has 1 unspecified atom stereocenters. The van der Waals surface area contributed by atoms with E-state index in [0.717, 1.165) is 49.3 Å². The number of methoxy groups -OCH3 is 1. The van der Waals surface area contributed by atoms with Gasteiger partial charge >= 0.3 is 0 Å². The summed E-state index contributed by atoms with van der Waals surface area (Å²) >= 11 is 5.06. The molecule has 2 aliphatic rings. The normalized spacial score (nSPS) is 17.3. The molecule has 3 aromatic carbocycles. The summed E-state index contributed by atoms with van der Waals surface area (Å²) < 4.78 is 6.46. The summed E-state index contributed by atoms with van der Waals surface area (Å²) in [7, 11) is 1.67. The number of amidine groups is 1. The van der Waals surface area contributed by atoms with Gasteiger partial charge in [-0.3, -0.25) is 15.1 Å². The number of nitrogens with one attached hydrogen (secondary N) is 1. The molecule has 1 amide bonds. The first-order valence-electron chi connectivity index (χ1n) is 10.4. The molecule has 2 heterocycles. The largest absolute Gasteiger partial charge is 0.496 e. The minimum atomic E-state index is -0.474. The Bertz CT molecular complexity index is 1390. The van der Waals surface area contributed by atoms with Gasteiger partial charge in [0.15, 0.2) is 11.3 Å². The Morgan fingerprint density at radius 2 is 1.97 bits per heavy atom. The number of benzene rings is 3. The van der Waals surface area contributed by atoms with E-state index in [1.165, 1.54) is 0 Å². The summed E-state index contributed by atoms with van der Waals surface area (Å²) in [5.74, 6) is 1.50. The van der Waals surface area contributed by atoms with Crippen LogP contribution in [0.3, 0.4) is 0 Å². The van der Waals surface area contributed by atoms with Gasteiger partial charge in [0.2, 0.25) is 0 Å². The molecule has 0 fully saturated rings. The molecule has 2 aliphatic heterocycles. The Morgan fingerprint density at radius 3 is 2.75 bits per heavy atom. The fraction of sp³-hybridized carbons (Fsp3) is 0.208. The van der Waals surface area contributed by atoms with E-state index in [1.54, 1.807) is 23.9 Å². The average molecular weight is 509 g/mol. The molecule has 0 aliphatic carbocycles. The third-order valence-electron chi connectivity index (χ3n) is 5.43. The van der Waals surface area contributed by atoms with E-state index in [9.17, 15) is 4.79 Å². The number of ether oxygens (including phenoxy) is 1. The molecule has 0 bridgehead atoms. The van der Waals surface area contributed by atoms with Crippen LogP contribution in [0.15, 0.2) is 69.2 Å². The van der Waals surface area contributed by atoms with Crippen LogP contribution in [0.25, 0.3) is 16.5 Å². The van der Waals surface area contributed by atoms with E-state index in [1.807, 2.05) is 48.5 Å². The molecule has 5 rings (SSSR count). The molecule has 0 saturated heterocycles. The predicted octanol–water partition coefficient (Wildman–Crippen LogP) is 3.90. The Hall–Kier alpha value is -2.84. The lowest BCUT2D eigenvalue weighted by atomic mass is 10.00. The van der Waals surface area contributed by atoms with Crippen LogP contribution in [0.2, 0.25) is 0 Å². The fourth-order valence-electron chi connectivity index (χ4n) is 4.02. The second-order valence-electron chi connectivity index (χ2n) is 7.47. The molecule has 6 nitrogen and oxygen atoms in total. The van der Waals surface area contributed by atoms with Gasteiger partial charge in [0.1, 0.15) is 11.4 Å². The lowest BCUT2D eigenvalue weighted by Gasteiger charge is -2.34. The minimum absolute atomic E-state index is 0.171. The fourth-order valence-corrected chi connectivity index (χ4v) is 5.08. The molecule has 162 valence electrons. The maximum atomic E-state index is 13.3. The van der Waals surface area contributed by atoms with Crippen LogP contribution < -0.4 is 20.6 Å². The highest BCUT2D eigenvalue weighted by Gasteiger charge is 2.35. The maximum Gasteiger partial charge on any atom is 0.276 e. The third kappa shape index (κ3) is 3.57. The van der Waals surface area contributed by atoms with Gasteiger partial charge < -0.3 is 4.74 Å². The number of halogens is 1. The van der Waals surface area contributed by atoms with Crippen LogP contribution in [0.5, 0.6) is 5.75 Å². The Labute approximate surface area is 198 Å². The lowest BCUT2D eigenvalue weighted by molar-refractivity contribution is -0.116. The van der Waals surface area contributed by atoms with Crippen molar-refractivity contribution in [3.05, 3.63) is 75.2 Å². The Morgan fingerprint density at radius 1 is 1.16 bits per heavy atom. The highest BCUT2D eigenvalue weighted by molar-refractivity contribution is 9.10. The SMILES string of the molecule is CCCSC1=NN2C(=c3cc(Br)ccc3=NC2c2ccc(OC)c3ccccc23)C(=O)N1. The number of carbonyl (C=O) groups excluding carboxylic acids is 1. The molecule has 1 N–H and O–H groups in total. The predicted molar refractivity (Wildman–Crippen MR) is 132 cm³/mol. The van der Waals surface area contributed by atoms with Gasteiger partial charge in [0, 0.05) is 26.4 Å². The van der Waals surface area contributed by atoms with Crippen LogP contribution in [-0.4, -0.2) is 28.9 Å². The summed E-state index contributed by atoms with van der Waals surface area (Å²) in [5, 5.41) is 13.7. The number of thioether (sulfide) groups is 1. The first-order chi connectivity index (χ1) is 15.6. The van der Waals surface area contributed by atoms with E-state index in [0.29, 0.717) is 10.9 Å². The van der Waals surface area contributed by atoms with Crippen molar-refractivity contribution in [3.63, 3.8) is 0 Å². The molecule has 0 radical (unpaired) electrons. The van der Waals surface area contributed by atoms with Gasteiger partial charge in [-0.25, -0.2) is 5.01 Å². The highest BCUT2D eigenvalue weighted by Crippen LogP contribution is 2.37. The number of hydrogen-bond acceptors (Lipinski definition) is 6. The summed E-state index contributed by atoms with van der Waals surface area (Å²) in [6.07, 6.45) is 0.515. The minimum Gasteiger partial charge on any atom is -0.496 e. The standard InChI is InChI=1S/C24H21BrN4O2S/c1-3-12-32-24-27-23(30)21-18-13-14(25)8-10-19(18)26-22(29(21)28-24)17-9-11-20(31-2)16-7-5-4-6-15(16)17/h4-11,13,22H,3,12H2,1-2H3,(H,27,28,30). The van der Waals surface area contributed by atoms with Gasteiger partial charge in [-0.2, -0.15) is 0 Å². The topological polar surface area (TPSA) is 66.3 Å². The molecular weight excluding hydrogens is 488 g/mol. The van der Waals surface area contributed by atoms with Crippen molar-refractivity contribution in [2.24, 2.45) is 10.1 Å². The van der Waals surface area contributed by atoms with Crippen molar-refractivity contribution >= 4 is 55.2 Å². The molecule has 3 aromatic rings. The van der Waals surface area contributed by atoms with Gasteiger partial charge in [-0.1, -0.05) is 64.9 Å². The highest BCUT2D eigenvalue weighted by atomic mass is 79.9. The first-order valence-corrected chi connectivity index (χ1v) is 12.1. The Balaban J connectivity index is 1.77. The van der Waals surface area contributed by atoms with E-state index < -0.39 is 6.17 Å². The molecule has 0 aromatic heterocycles. The zero-order valence-corrected chi connectivity index (χ0v) is 20.0. The number of rotatable bonds is 4. The van der Waals surface area contributed by atoms with Crippen LogP contribution in [0, 0.1) is 0 Å². The first kappa shape index (κ1) is 21.0. The number of carbonyl (C=O) groups is 1. The van der Waals surface area contributed by atoms with Gasteiger partial charge in [0.25, 0.3) is 5.91 Å². The van der Waals surface area contributed by atoms with Crippen molar-refractivity contribution in [1.29, 1.82) is 0 Å². The second kappa shape index (κ2) is 8.60. The number of hydrogen-bond donors (Lipinski definition) is 1.